The first-order valence-electron chi connectivity index (χ1n) is 10.8. The average molecular weight is 381 g/mol. The highest BCUT2D eigenvalue weighted by atomic mass is 16.2. The molecule has 1 N–H and O–H groups in total. The number of likely N-dealkylation sites (tertiary alicyclic amines) is 1. The lowest BCUT2D eigenvalue weighted by molar-refractivity contribution is 0.208. The van der Waals surface area contributed by atoms with Crippen LogP contribution in [0.1, 0.15) is 67.3 Å². The van der Waals surface area contributed by atoms with Gasteiger partial charge in [0.2, 0.25) is 0 Å². The van der Waals surface area contributed by atoms with E-state index >= 15 is 0 Å². The van der Waals surface area contributed by atoms with Crippen molar-refractivity contribution in [3.8, 4) is 0 Å². The average Bonchev–Trinajstić information content (AvgIpc) is 3.38. The van der Waals surface area contributed by atoms with Gasteiger partial charge in [-0.3, -0.25) is 0 Å². The van der Waals surface area contributed by atoms with E-state index in [2.05, 4.69) is 39.1 Å². The van der Waals surface area contributed by atoms with Gasteiger partial charge in [0, 0.05) is 45.0 Å². The van der Waals surface area contributed by atoms with Crippen molar-refractivity contribution in [2.24, 2.45) is 7.05 Å². The Morgan fingerprint density at radius 3 is 2.61 bits per heavy atom. The molecule has 1 aromatic heterocycles. The van der Waals surface area contributed by atoms with E-state index in [4.69, 9.17) is 0 Å². The number of aromatic nitrogens is 2. The summed E-state index contributed by atoms with van der Waals surface area (Å²) in [5, 5.41) is 3.09. The van der Waals surface area contributed by atoms with Crippen LogP contribution >= 0.6 is 0 Å². The van der Waals surface area contributed by atoms with Crippen molar-refractivity contribution in [1.82, 2.24) is 19.8 Å². The topological polar surface area (TPSA) is 50.2 Å². The number of hydrogen-bond donors (Lipinski definition) is 1. The molecule has 1 aliphatic carbocycles. The Kier molecular flexibility index (Phi) is 5.98. The molecule has 1 unspecified atom stereocenters. The fourth-order valence-electron chi connectivity index (χ4n) is 4.74. The lowest BCUT2D eigenvalue weighted by Gasteiger charge is -2.22. The predicted molar refractivity (Wildman–Crippen MR) is 112 cm³/mol. The van der Waals surface area contributed by atoms with Gasteiger partial charge in [-0.2, -0.15) is 0 Å². The van der Waals surface area contributed by atoms with E-state index in [1.807, 2.05) is 24.3 Å². The molecule has 1 aliphatic heterocycles. The monoisotopic (exact) mass is 380 g/mol. The molecule has 5 heteroatoms. The Morgan fingerprint density at radius 1 is 1.11 bits per heavy atom. The van der Waals surface area contributed by atoms with E-state index in [0.29, 0.717) is 12.5 Å². The molecule has 0 radical (unpaired) electrons. The van der Waals surface area contributed by atoms with Crippen LogP contribution in [0.3, 0.4) is 0 Å². The van der Waals surface area contributed by atoms with Gasteiger partial charge >= 0.3 is 6.03 Å². The quantitative estimate of drug-likeness (QED) is 0.845. The summed E-state index contributed by atoms with van der Waals surface area (Å²) in [5.74, 6) is 2.18. The zero-order chi connectivity index (χ0) is 19.3. The summed E-state index contributed by atoms with van der Waals surface area (Å²) >= 11 is 0. The standard InChI is InChI=1S/C23H32N4O/c1-26-16-14-24-22(26)21-12-15-27(17-21)23(28)25-13-11-18-7-9-20(10-8-18)19-5-3-2-4-6-19/h7-10,14,16,19,21H,2-6,11-13,15,17H2,1H3,(H,25,28). The molecule has 1 aromatic carbocycles. The SMILES string of the molecule is Cn1ccnc1C1CCN(C(=O)NCCc2ccc(C3CCCCC3)cc2)C1. The third-order valence-corrected chi connectivity index (χ3v) is 6.45. The largest absolute Gasteiger partial charge is 0.338 e. The summed E-state index contributed by atoms with van der Waals surface area (Å²) < 4.78 is 2.06. The maximum atomic E-state index is 12.5. The van der Waals surface area contributed by atoms with Gasteiger partial charge in [0.15, 0.2) is 0 Å². The van der Waals surface area contributed by atoms with Crippen molar-refractivity contribution in [1.29, 1.82) is 0 Å². The smallest absolute Gasteiger partial charge is 0.317 e. The minimum Gasteiger partial charge on any atom is -0.338 e. The van der Waals surface area contributed by atoms with Crippen LogP contribution in [0.15, 0.2) is 36.7 Å². The van der Waals surface area contributed by atoms with Crippen molar-refractivity contribution in [3.05, 3.63) is 53.6 Å². The first-order chi connectivity index (χ1) is 13.7. The Bertz CT molecular complexity index is 776. The number of benzene rings is 1. The lowest BCUT2D eigenvalue weighted by Crippen LogP contribution is -2.39. The Hall–Kier alpha value is -2.30. The van der Waals surface area contributed by atoms with E-state index in [0.717, 1.165) is 37.7 Å². The molecule has 1 saturated carbocycles. The summed E-state index contributed by atoms with van der Waals surface area (Å²) in [5.41, 5.74) is 2.79. The molecular formula is C23H32N4O. The van der Waals surface area contributed by atoms with E-state index in [1.54, 1.807) is 0 Å². The number of amides is 2. The van der Waals surface area contributed by atoms with Crippen LogP contribution in [0.2, 0.25) is 0 Å². The van der Waals surface area contributed by atoms with E-state index in [9.17, 15) is 4.79 Å². The van der Waals surface area contributed by atoms with Crippen LogP contribution in [0.5, 0.6) is 0 Å². The van der Waals surface area contributed by atoms with Gasteiger partial charge in [0.25, 0.3) is 0 Å². The fourth-order valence-corrected chi connectivity index (χ4v) is 4.74. The molecule has 28 heavy (non-hydrogen) atoms. The summed E-state index contributed by atoms with van der Waals surface area (Å²) in [6, 6.07) is 9.12. The summed E-state index contributed by atoms with van der Waals surface area (Å²) in [4.78, 5) is 18.8. The molecule has 1 atom stereocenters. The van der Waals surface area contributed by atoms with Crippen LogP contribution in [0, 0.1) is 0 Å². The molecule has 0 bridgehead atoms. The number of carbonyl (C=O) groups excluding carboxylic acids is 1. The highest BCUT2D eigenvalue weighted by molar-refractivity contribution is 5.74. The predicted octanol–water partition coefficient (Wildman–Crippen LogP) is 4.21. The number of rotatable bonds is 5. The summed E-state index contributed by atoms with van der Waals surface area (Å²) in [6.07, 6.45) is 12.5. The van der Waals surface area contributed by atoms with Crippen molar-refractivity contribution in [2.75, 3.05) is 19.6 Å². The lowest BCUT2D eigenvalue weighted by atomic mass is 9.84. The maximum Gasteiger partial charge on any atom is 0.317 e. The molecule has 2 amide bonds. The number of nitrogens with zero attached hydrogens (tertiary/aromatic N) is 3. The van der Waals surface area contributed by atoms with Gasteiger partial charge in [-0.25, -0.2) is 9.78 Å². The first kappa shape index (κ1) is 19.0. The second-order valence-electron chi connectivity index (χ2n) is 8.39. The van der Waals surface area contributed by atoms with E-state index in [-0.39, 0.29) is 6.03 Å². The van der Waals surface area contributed by atoms with Gasteiger partial charge in [0.05, 0.1) is 0 Å². The number of carbonyl (C=O) groups is 1. The molecule has 2 fully saturated rings. The third-order valence-electron chi connectivity index (χ3n) is 6.45. The van der Waals surface area contributed by atoms with Gasteiger partial charge in [-0.05, 0) is 42.7 Å². The molecule has 150 valence electrons. The number of nitrogens with one attached hydrogen (secondary N) is 1. The second-order valence-corrected chi connectivity index (χ2v) is 8.39. The minimum absolute atomic E-state index is 0.0514. The van der Waals surface area contributed by atoms with Crippen molar-refractivity contribution in [2.45, 2.75) is 56.8 Å². The van der Waals surface area contributed by atoms with Crippen molar-refractivity contribution in [3.63, 3.8) is 0 Å². The van der Waals surface area contributed by atoms with Gasteiger partial charge in [0.1, 0.15) is 5.82 Å². The number of aryl methyl sites for hydroxylation is 1. The van der Waals surface area contributed by atoms with Crippen LogP contribution < -0.4 is 5.32 Å². The molecular weight excluding hydrogens is 348 g/mol. The molecule has 2 aliphatic rings. The summed E-state index contributed by atoms with van der Waals surface area (Å²) in [7, 11) is 2.02. The van der Waals surface area contributed by atoms with Crippen LogP contribution in [-0.4, -0.2) is 40.1 Å². The van der Waals surface area contributed by atoms with Gasteiger partial charge in [-0.15, -0.1) is 0 Å². The summed E-state index contributed by atoms with van der Waals surface area (Å²) in [6.45, 7) is 2.25. The first-order valence-corrected chi connectivity index (χ1v) is 10.8. The molecule has 1 saturated heterocycles. The second kappa shape index (κ2) is 8.80. The molecule has 5 nitrogen and oxygen atoms in total. The van der Waals surface area contributed by atoms with Crippen LogP contribution in [-0.2, 0) is 13.5 Å². The van der Waals surface area contributed by atoms with Crippen LogP contribution in [0.4, 0.5) is 4.79 Å². The van der Waals surface area contributed by atoms with Crippen molar-refractivity contribution >= 4 is 6.03 Å². The van der Waals surface area contributed by atoms with E-state index in [1.165, 1.54) is 43.2 Å². The maximum absolute atomic E-state index is 12.5. The van der Waals surface area contributed by atoms with Gasteiger partial charge in [-0.1, -0.05) is 43.5 Å². The Morgan fingerprint density at radius 2 is 1.89 bits per heavy atom. The molecule has 4 rings (SSSR count). The molecule has 0 spiro atoms. The van der Waals surface area contributed by atoms with Gasteiger partial charge < -0.3 is 14.8 Å². The Labute approximate surface area is 168 Å². The normalized spacial score (nSPS) is 20.5. The highest BCUT2D eigenvalue weighted by Gasteiger charge is 2.29. The number of imidazole rings is 1. The third kappa shape index (κ3) is 4.40. The highest BCUT2D eigenvalue weighted by Crippen LogP contribution is 2.32. The zero-order valence-corrected chi connectivity index (χ0v) is 16.9. The number of urea groups is 1. The Balaban J connectivity index is 1.22. The number of hydrogen-bond acceptors (Lipinski definition) is 2. The van der Waals surface area contributed by atoms with Crippen molar-refractivity contribution < 1.29 is 4.79 Å². The molecule has 2 heterocycles. The van der Waals surface area contributed by atoms with Crippen LogP contribution in [0.25, 0.3) is 0 Å². The fraction of sp³-hybridized carbons (Fsp3) is 0.565. The van der Waals surface area contributed by atoms with E-state index < -0.39 is 0 Å². The minimum atomic E-state index is 0.0514. The molecule has 2 aromatic rings. The zero-order valence-electron chi connectivity index (χ0n) is 16.9.